The smallest absolute Gasteiger partial charge is 0.214 e. The zero-order chi connectivity index (χ0) is 18.6. The molecule has 8 nitrogen and oxygen atoms in total. The van der Waals surface area contributed by atoms with E-state index in [1.807, 2.05) is 4.40 Å². The molecule has 3 aliphatic rings. The first-order valence-electron chi connectivity index (χ1n) is 9.54. The van der Waals surface area contributed by atoms with Gasteiger partial charge in [-0.3, -0.25) is 4.40 Å². The van der Waals surface area contributed by atoms with E-state index in [2.05, 4.69) is 44.0 Å². The lowest BCUT2D eigenvalue weighted by atomic mass is 9.93. The van der Waals surface area contributed by atoms with Gasteiger partial charge in [0.1, 0.15) is 11.5 Å². The Labute approximate surface area is 158 Å². The molecule has 0 amide bonds. The minimum atomic E-state index is -3.19. The summed E-state index contributed by atoms with van der Waals surface area (Å²) in [7, 11) is -3.19. The number of anilines is 1. The summed E-state index contributed by atoms with van der Waals surface area (Å²) in [6.07, 6.45) is 5.81. The van der Waals surface area contributed by atoms with E-state index in [-0.39, 0.29) is 17.2 Å². The van der Waals surface area contributed by atoms with Gasteiger partial charge in [-0.25, -0.2) is 18.1 Å². The number of hydrogen-bond donors (Lipinski definition) is 2. The third kappa shape index (κ3) is 2.87. The van der Waals surface area contributed by atoms with Crippen LogP contribution in [0.3, 0.4) is 0 Å². The number of nitrogens with one attached hydrogen (secondary N) is 2. The van der Waals surface area contributed by atoms with Gasteiger partial charge in [-0.1, -0.05) is 19.3 Å². The summed E-state index contributed by atoms with van der Waals surface area (Å²) < 4.78 is 29.7. The Bertz CT molecular complexity index is 1060. The lowest BCUT2D eigenvalue weighted by Gasteiger charge is -2.18. The third-order valence-electron chi connectivity index (χ3n) is 5.87. The van der Waals surface area contributed by atoms with E-state index >= 15 is 0 Å². The first-order valence-corrected chi connectivity index (χ1v) is 11.1. The number of sulfonamides is 1. The molecule has 2 saturated carbocycles. The second-order valence-corrected chi connectivity index (χ2v) is 9.66. The van der Waals surface area contributed by atoms with Gasteiger partial charge in [-0.05, 0) is 37.5 Å². The molecule has 0 saturated heterocycles. The van der Waals surface area contributed by atoms with Gasteiger partial charge in [0, 0.05) is 12.0 Å². The predicted molar refractivity (Wildman–Crippen MR) is 101 cm³/mol. The Kier molecular flexibility index (Phi) is 3.88. The van der Waals surface area contributed by atoms with Crippen molar-refractivity contribution in [2.24, 2.45) is 5.92 Å². The molecule has 27 heavy (non-hydrogen) atoms. The van der Waals surface area contributed by atoms with Crippen LogP contribution in [0, 0.1) is 17.8 Å². The molecule has 0 bridgehead atoms. The van der Waals surface area contributed by atoms with E-state index in [0.717, 1.165) is 49.4 Å². The van der Waals surface area contributed by atoms with Crippen LogP contribution in [0.15, 0.2) is 6.20 Å². The van der Waals surface area contributed by atoms with Crippen molar-refractivity contribution in [2.75, 3.05) is 11.9 Å². The number of aromatic nitrogens is 4. The fraction of sp³-hybridized carbons (Fsp3) is 0.611. The molecule has 2 aliphatic carbocycles. The van der Waals surface area contributed by atoms with Gasteiger partial charge < -0.3 is 5.32 Å². The molecule has 0 radical (unpaired) electrons. The van der Waals surface area contributed by atoms with Crippen molar-refractivity contribution in [1.29, 1.82) is 0 Å². The highest BCUT2D eigenvalue weighted by atomic mass is 32.2. The Morgan fingerprint density at radius 1 is 1.33 bits per heavy atom. The Balaban J connectivity index is 1.50. The highest BCUT2D eigenvalue weighted by molar-refractivity contribution is 7.90. The van der Waals surface area contributed by atoms with Crippen molar-refractivity contribution >= 4 is 21.5 Å². The number of rotatable bonds is 5. The summed E-state index contributed by atoms with van der Waals surface area (Å²) >= 11 is 0. The molecule has 3 heterocycles. The monoisotopic (exact) mass is 386 g/mol. The van der Waals surface area contributed by atoms with Gasteiger partial charge in [0.05, 0.1) is 18.0 Å². The minimum absolute atomic E-state index is 0.0419. The van der Waals surface area contributed by atoms with Crippen LogP contribution < -0.4 is 10.0 Å². The quantitative estimate of drug-likeness (QED) is 0.750. The standard InChI is InChI=1S/C18H22N6O2S/c1-2-11-8-12(23-27(25,26)13-5-6-13)9-14(11)18-22-21-16-10-20-17-15(24(16)18)4-3-7-19-17/h10-14,19,23H,2,5-9H2,1H3/t11-,12+,14+/m1/s1. The molecule has 5 rings (SSSR count). The molecule has 142 valence electrons. The SMILES string of the molecule is CC[C@@H]1C[C@H](NS(=O)(=O)C2CC2)C[C@@H]1c1nnc2cnc3c(n12)C#CCN3. The van der Waals surface area contributed by atoms with E-state index in [9.17, 15) is 8.42 Å². The van der Waals surface area contributed by atoms with E-state index in [4.69, 9.17) is 0 Å². The van der Waals surface area contributed by atoms with Gasteiger partial charge in [0.2, 0.25) is 10.0 Å². The van der Waals surface area contributed by atoms with Crippen molar-refractivity contribution in [1.82, 2.24) is 24.3 Å². The van der Waals surface area contributed by atoms with Crippen LogP contribution in [0.4, 0.5) is 5.82 Å². The molecular formula is C18H22N6O2S. The summed E-state index contributed by atoms with van der Waals surface area (Å²) in [5, 5.41) is 11.8. The largest absolute Gasteiger partial charge is 0.357 e. The van der Waals surface area contributed by atoms with Crippen molar-refractivity contribution in [3.8, 4) is 11.8 Å². The maximum Gasteiger partial charge on any atom is 0.214 e. The van der Waals surface area contributed by atoms with E-state index < -0.39 is 10.0 Å². The van der Waals surface area contributed by atoms with E-state index in [1.165, 1.54) is 0 Å². The van der Waals surface area contributed by atoms with Gasteiger partial charge in [0.15, 0.2) is 11.5 Å². The molecule has 0 unspecified atom stereocenters. The first-order chi connectivity index (χ1) is 13.1. The fourth-order valence-corrected chi connectivity index (χ4v) is 5.95. The topological polar surface area (TPSA) is 101 Å². The van der Waals surface area contributed by atoms with Crippen molar-refractivity contribution in [2.45, 2.75) is 56.2 Å². The van der Waals surface area contributed by atoms with Crippen molar-refractivity contribution in [3.05, 3.63) is 17.7 Å². The molecule has 1 aliphatic heterocycles. The lowest BCUT2D eigenvalue weighted by Crippen LogP contribution is -2.35. The lowest BCUT2D eigenvalue weighted by molar-refractivity contribution is 0.448. The number of nitrogens with zero attached hydrogens (tertiary/aromatic N) is 4. The average Bonchev–Trinajstić information content (AvgIpc) is 3.34. The van der Waals surface area contributed by atoms with E-state index in [1.54, 1.807) is 6.20 Å². The van der Waals surface area contributed by atoms with Crippen LogP contribution in [-0.2, 0) is 10.0 Å². The van der Waals surface area contributed by atoms with Crippen LogP contribution >= 0.6 is 0 Å². The summed E-state index contributed by atoms with van der Waals surface area (Å²) in [5.74, 6) is 8.33. The van der Waals surface area contributed by atoms with Gasteiger partial charge >= 0.3 is 0 Å². The van der Waals surface area contributed by atoms with Crippen molar-refractivity contribution in [3.63, 3.8) is 0 Å². The maximum absolute atomic E-state index is 12.4. The van der Waals surface area contributed by atoms with Gasteiger partial charge in [-0.15, -0.1) is 10.2 Å². The van der Waals surface area contributed by atoms with Crippen molar-refractivity contribution < 1.29 is 8.42 Å². The molecule has 3 atom stereocenters. The van der Waals surface area contributed by atoms with Crippen LogP contribution in [0.1, 0.15) is 56.5 Å². The summed E-state index contributed by atoms with van der Waals surface area (Å²) in [6, 6.07) is -0.0419. The zero-order valence-corrected chi connectivity index (χ0v) is 16.0. The zero-order valence-electron chi connectivity index (χ0n) is 15.1. The van der Waals surface area contributed by atoms with E-state index in [0.29, 0.717) is 18.1 Å². The fourth-order valence-electron chi connectivity index (χ4n) is 4.35. The molecule has 0 aromatic carbocycles. The van der Waals surface area contributed by atoms with Gasteiger partial charge in [-0.2, -0.15) is 0 Å². The molecule has 2 aromatic rings. The second-order valence-electron chi connectivity index (χ2n) is 7.67. The summed E-state index contributed by atoms with van der Waals surface area (Å²) in [5.41, 5.74) is 1.47. The summed E-state index contributed by atoms with van der Waals surface area (Å²) in [6.45, 7) is 2.73. The van der Waals surface area contributed by atoms with Gasteiger partial charge in [0.25, 0.3) is 0 Å². The molecule has 9 heteroatoms. The summed E-state index contributed by atoms with van der Waals surface area (Å²) in [4.78, 5) is 4.39. The average molecular weight is 386 g/mol. The second kappa shape index (κ2) is 6.17. The minimum Gasteiger partial charge on any atom is -0.357 e. The highest BCUT2D eigenvalue weighted by Crippen LogP contribution is 2.42. The molecule has 2 fully saturated rings. The van der Waals surface area contributed by atoms with Crippen LogP contribution in [0.2, 0.25) is 0 Å². The van der Waals surface area contributed by atoms with Crippen LogP contribution in [-0.4, -0.2) is 45.8 Å². The number of hydrogen-bond acceptors (Lipinski definition) is 6. The van der Waals surface area contributed by atoms with Crippen LogP contribution in [0.5, 0.6) is 0 Å². The number of fused-ring (bicyclic) bond motifs is 3. The third-order valence-corrected chi connectivity index (χ3v) is 7.88. The molecule has 0 spiro atoms. The highest BCUT2D eigenvalue weighted by Gasteiger charge is 2.42. The Hall–Kier alpha value is -2.18. The maximum atomic E-state index is 12.4. The van der Waals surface area contributed by atoms with Crippen LogP contribution in [0.25, 0.3) is 5.65 Å². The Morgan fingerprint density at radius 2 is 2.19 bits per heavy atom. The predicted octanol–water partition coefficient (Wildman–Crippen LogP) is 1.26. The Morgan fingerprint density at radius 3 is 2.96 bits per heavy atom. The molecular weight excluding hydrogens is 364 g/mol. The first kappa shape index (κ1) is 17.0. The molecule has 2 aromatic heterocycles. The normalized spacial score (nSPS) is 27.1. The molecule has 2 N–H and O–H groups in total.